The second-order valence-electron chi connectivity index (χ2n) is 9.05. The zero-order valence-electron chi connectivity index (χ0n) is 19.2. The molecule has 1 N–H and O–H groups in total. The second kappa shape index (κ2) is 7.84. The molecule has 2 unspecified atom stereocenters. The monoisotopic (exact) mass is 476 g/mol. The molecule has 2 aromatic carbocycles. The highest BCUT2D eigenvalue weighted by molar-refractivity contribution is 6.50. The summed E-state index contributed by atoms with van der Waals surface area (Å²) in [5.41, 5.74) is -0.737. The summed E-state index contributed by atoms with van der Waals surface area (Å²) in [6.07, 6.45) is 1.25. The maximum Gasteiger partial charge on any atom is 0.296 e. The summed E-state index contributed by atoms with van der Waals surface area (Å²) in [7, 11) is 1.60. The molecule has 4 aliphatic heterocycles. The molecule has 0 saturated carbocycles. The minimum absolute atomic E-state index is 0.0659. The van der Waals surface area contributed by atoms with Crippen LogP contribution >= 0.6 is 0 Å². The van der Waals surface area contributed by atoms with Crippen molar-refractivity contribution < 1.29 is 33.7 Å². The second-order valence-corrected chi connectivity index (χ2v) is 9.05. The van der Waals surface area contributed by atoms with Gasteiger partial charge in [-0.25, -0.2) is 0 Å². The molecule has 0 aromatic heterocycles. The summed E-state index contributed by atoms with van der Waals surface area (Å²) >= 11 is 0. The molecular weight excluding hydrogens is 452 g/mol. The molecule has 2 aromatic rings. The van der Waals surface area contributed by atoms with Crippen molar-refractivity contribution in [1.82, 2.24) is 4.90 Å². The Hall–Kier alpha value is -3.85. The van der Waals surface area contributed by atoms with Gasteiger partial charge in [-0.05, 0) is 37.1 Å². The molecule has 0 radical (unpaired) electrons. The Balaban J connectivity index is 1.59. The largest absolute Gasteiger partial charge is 0.507 e. The Bertz CT molecular complexity index is 1300. The van der Waals surface area contributed by atoms with Crippen LogP contribution in [-0.2, 0) is 24.7 Å². The molecule has 2 atom stereocenters. The van der Waals surface area contributed by atoms with Gasteiger partial charge in [0.05, 0.1) is 11.7 Å². The molecule has 9 heteroatoms. The molecule has 2 fully saturated rings. The number of Topliss-reactive ketones (excluding diaryl/α,β-unsaturated/α-hetero) is 1. The van der Waals surface area contributed by atoms with E-state index in [2.05, 4.69) is 0 Å². The fourth-order valence-corrected chi connectivity index (χ4v) is 5.55. The summed E-state index contributed by atoms with van der Waals surface area (Å²) in [5.74, 6) is -1.72. The van der Waals surface area contributed by atoms with Crippen LogP contribution in [0.2, 0.25) is 0 Å². The van der Waals surface area contributed by atoms with E-state index in [9.17, 15) is 19.5 Å². The number of nitrogens with zero attached hydrogens (tertiary/aromatic N) is 2. The molecule has 9 nitrogen and oxygen atoms in total. The van der Waals surface area contributed by atoms with E-state index in [4.69, 9.17) is 14.2 Å². The maximum absolute atomic E-state index is 14.0. The van der Waals surface area contributed by atoms with Crippen LogP contribution in [0.5, 0.6) is 11.5 Å². The van der Waals surface area contributed by atoms with E-state index < -0.39 is 28.9 Å². The number of carbonyl (C=O) groups is 3. The Kier molecular flexibility index (Phi) is 4.86. The molecule has 0 bridgehead atoms. The Labute approximate surface area is 201 Å². The van der Waals surface area contributed by atoms with Crippen molar-refractivity contribution in [3.8, 4) is 11.5 Å². The number of aliphatic hydroxyl groups excluding tert-OH is 1. The number of rotatable bonds is 3. The number of hydrogen-bond acceptors (Lipinski definition) is 7. The van der Waals surface area contributed by atoms with Gasteiger partial charge in [-0.1, -0.05) is 18.2 Å². The van der Waals surface area contributed by atoms with Crippen molar-refractivity contribution in [2.24, 2.45) is 0 Å². The van der Waals surface area contributed by atoms with Gasteiger partial charge < -0.3 is 29.1 Å². The SMILES string of the molecule is CN1C(=O)C2(/C(=C(\O)c3ccc4c(c3)OCCO4)C(=O)C(=O)N2CC2CCCO2)c2ccccc21. The van der Waals surface area contributed by atoms with Crippen molar-refractivity contribution in [2.75, 3.05) is 38.3 Å². The average Bonchev–Trinajstić information content (AvgIpc) is 3.54. The number of aliphatic hydroxyl groups is 1. The summed E-state index contributed by atoms with van der Waals surface area (Å²) in [6, 6.07) is 11.8. The first-order valence-electron chi connectivity index (χ1n) is 11.6. The Morgan fingerprint density at radius 1 is 1.06 bits per heavy atom. The first kappa shape index (κ1) is 21.7. The van der Waals surface area contributed by atoms with E-state index in [1.165, 1.54) is 9.80 Å². The van der Waals surface area contributed by atoms with Crippen molar-refractivity contribution in [2.45, 2.75) is 24.5 Å². The van der Waals surface area contributed by atoms with E-state index in [-0.39, 0.29) is 23.8 Å². The fourth-order valence-electron chi connectivity index (χ4n) is 5.55. The summed E-state index contributed by atoms with van der Waals surface area (Å²) < 4.78 is 16.9. The summed E-state index contributed by atoms with van der Waals surface area (Å²) in [6.45, 7) is 1.38. The third kappa shape index (κ3) is 2.94. The Morgan fingerprint density at radius 3 is 2.60 bits per heavy atom. The lowest BCUT2D eigenvalue weighted by Gasteiger charge is -2.35. The average molecular weight is 476 g/mol. The van der Waals surface area contributed by atoms with Gasteiger partial charge in [0.25, 0.3) is 17.6 Å². The van der Waals surface area contributed by atoms with E-state index in [0.717, 1.165) is 6.42 Å². The number of fused-ring (bicyclic) bond motifs is 3. The maximum atomic E-state index is 14.0. The van der Waals surface area contributed by atoms with Gasteiger partial charge in [0.15, 0.2) is 17.0 Å². The number of ketones is 1. The lowest BCUT2D eigenvalue weighted by molar-refractivity contribution is -0.145. The molecule has 6 rings (SSSR count). The topological polar surface area (TPSA) is 106 Å². The molecule has 4 heterocycles. The van der Waals surface area contributed by atoms with Gasteiger partial charge in [-0.15, -0.1) is 0 Å². The molecule has 0 aliphatic carbocycles. The molecular formula is C26H24N2O7. The third-order valence-electron chi connectivity index (χ3n) is 7.17. The van der Waals surface area contributed by atoms with E-state index in [1.807, 2.05) is 0 Å². The van der Waals surface area contributed by atoms with Crippen molar-refractivity contribution in [1.29, 1.82) is 0 Å². The minimum Gasteiger partial charge on any atom is -0.507 e. The van der Waals surface area contributed by atoms with Gasteiger partial charge in [0.2, 0.25) is 0 Å². The number of para-hydroxylation sites is 1. The molecule has 35 heavy (non-hydrogen) atoms. The van der Waals surface area contributed by atoms with E-state index in [1.54, 1.807) is 49.5 Å². The van der Waals surface area contributed by atoms with Crippen molar-refractivity contribution in [3.05, 3.63) is 59.2 Å². The Morgan fingerprint density at radius 2 is 1.83 bits per heavy atom. The lowest BCUT2D eigenvalue weighted by atomic mass is 9.81. The zero-order chi connectivity index (χ0) is 24.3. The highest BCUT2D eigenvalue weighted by atomic mass is 16.6. The van der Waals surface area contributed by atoms with Crippen LogP contribution in [0.3, 0.4) is 0 Å². The van der Waals surface area contributed by atoms with E-state index in [0.29, 0.717) is 49.0 Å². The van der Waals surface area contributed by atoms with Crippen molar-refractivity contribution >= 4 is 29.0 Å². The number of amides is 2. The lowest BCUT2D eigenvalue weighted by Crippen LogP contribution is -2.53. The zero-order valence-corrected chi connectivity index (χ0v) is 19.2. The minimum atomic E-state index is -1.79. The van der Waals surface area contributed by atoms with Crippen LogP contribution < -0.4 is 14.4 Å². The van der Waals surface area contributed by atoms with Gasteiger partial charge in [-0.2, -0.15) is 0 Å². The van der Waals surface area contributed by atoms with Gasteiger partial charge in [-0.3, -0.25) is 14.4 Å². The van der Waals surface area contributed by atoms with Crippen LogP contribution in [0.25, 0.3) is 5.76 Å². The van der Waals surface area contributed by atoms with Crippen LogP contribution in [0.15, 0.2) is 48.0 Å². The molecule has 2 amide bonds. The summed E-state index contributed by atoms with van der Waals surface area (Å²) in [4.78, 5) is 43.7. The number of likely N-dealkylation sites (tertiary alicyclic amines) is 1. The third-order valence-corrected chi connectivity index (χ3v) is 7.17. The predicted octanol–water partition coefficient (Wildman–Crippen LogP) is 2.19. The van der Waals surface area contributed by atoms with Crippen LogP contribution in [-0.4, -0.2) is 67.1 Å². The standard InChI is InChI=1S/C26H24N2O7/c1-27-18-7-3-2-6-17(18)26(25(27)32)21(23(30)24(31)28(26)14-16-5-4-10-33-16)22(29)15-8-9-19-20(13-15)35-12-11-34-19/h2-3,6-9,13,16,29H,4-5,10-12,14H2,1H3/b22-21-. The normalized spacial score (nSPS) is 26.7. The molecule has 1 spiro atoms. The van der Waals surface area contributed by atoms with Gasteiger partial charge >= 0.3 is 0 Å². The smallest absolute Gasteiger partial charge is 0.296 e. The van der Waals surface area contributed by atoms with Crippen LogP contribution in [0, 0.1) is 0 Å². The quantitative estimate of drug-likeness (QED) is 0.411. The summed E-state index contributed by atoms with van der Waals surface area (Å²) in [5, 5.41) is 11.5. The van der Waals surface area contributed by atoms with Crippen molar-refractivity contribution in [3.63, 3.8) is 0 Å². The highest BCUT2D eigenvalue weighted by Gasteiger charge is 2.67. The van der Waals surface area contributed by atoms with Crippen LogP contribution in [0.1, 0.15) is 24.0 Å². The van der Waals surface area contributed by atoms with Crippen LogP contribution in [0.4, 0.5) is 5.69 Å². The molecule has 2 saturated heterocycles. The van der Waals surface area contributed by atoms with E-state index >= 15 is 0 Å². The number of ether oxygens (including phenoxy) is 3. The first-order valence-corrected chi connectivity index (χ1v) is 11.6. The number of carbonyl (C=O) groups excluding carboxylic acids is 3. The number of hydrogen-bond donors (Lipinski definition) is 1. The number of anilines is 1. The molecule has 4 aliphatic rings. The highest BCUT2D eigenvalue weighted by Crippen LogP contribution is 2.53. The predicted molar refractivity (Wildman–Crippen MR) is 124 cm³/mol. The van der Waals surface area contributed by atoms with Gasteiger partial charge in [0, 0.05) is 37.0 Å². The number of likely N-dealkylation sites (N-methyl/N-ethyl adjacent to an activating group) is 1. The first-order chi connectivity index (χ1) is 16.9. The van der Waals surface area contributed by atoms with Gasteiger partial charge in [0.1, 0.15) is 19.0 Å². The fraction of sp³-hybridized carbons (Fsp3) is 0.346. The molecule has 180 valence electrons. The number of benzene rings is 2.